The maximum absolute atomic E-state index is 13.0. The summed E-state index contributed by atoms with van der Waals surface area (Å²) in [5.41, 5.74) is 0.404. The molecule has 0 unspecified atom stereocenters. The van der Waals surface area contributed by atoms with Gasteiger partial charge in [-0.1, -0.05) is 70.9 Å². The molecule has 6 heteroatoms. The van der Waals surface area contributed by atoms with Crippen molar-refractivity contribution in [2.24, 2.45) is 11.8 Å². The molecule has 1 aromatic carbocycles. The number of ether oxygens (including phenoxy) is 2. The maximum atomic E-state index is 13.0. The number of benzene rings is 1. The van der Waals surface area contributed by atoms with Gasteiger partial charge in [0.05, 0.1) is 0 Å². The molecule has 0 fully saturated rings. The van der Waals surface area contributed by atoms with E-state index in [1.165, 1.54) is 0 Å². The molecule has 31 heavy (non-hydrogen) atoms. The number of alkyl carbamates (subject to hydrolysis) is 1. The molecule has 6 nitrogen and oxygen atoms in total. The Labute approximate surface area is 188 Å². The molecule has 0 aromatic heterocycles. The lowest BCUT2D eigenvalue weighted by Gasteiger charge is -2.35. The van der Waals surface area contributed by atoms with E-state index < -0.39 is 11.7 Å². The lowest BCUT2D eigenvalue weighted by Crippen LogP contribution is -2.53. The average Bonchev–Trinajstić information content (AvgIpc) is 2.70. The fourth-order valence-corrected chi connectivity index (χ4v) is 3.42. The number of carbonyl (C=O) groups excluding carboxylic acids is 2. The molecule has 1 rings (SSSR count). The highest BCUT2D eigenvalue weighted by Crippen LogP contribution is 2.19. The number of rotatable bonds is 11. The SMILES string of the molecule is CC[C@H](C)[C@@H](C(=O)OCc1ccccc1)N(C)C[C@@H](NC(=O)OC(C)(C)C)[C@@H](C)CC. The molecular weight excluding hydrogens is 392 g/mol. The first-order chi connectivity index (χ1) is 14.5. The third-order valence-corrected chi connectivity index (χ3v) is 5.64. The Morgan fingerprint density at radius 3 is 2.13 bits per heavy atom. The van der Waals surface area contributed by atoms with Crippen LogP contribution in [0.3, 0.4) is 0 Å². The van der Waals surface area contributed by atoms with E-state index in [-0.39, 0.29) is 36.5 Å². The predicted octanol–water partition coefficient (Wildman–Crippen LogP) is 5.02. The minimum absolute atomic E-state index is 0.118. The zero-order chi connectivity index (χ0) is 23.6. The fourth-order valence-electron chi connectivity index (χ4n) is 3.42. The summed E-state index contributed by atoms with van der Waals surface area (Å²) in [5, 5.41) is 3.01. The summed E-state index contributed by atoms with van der Waals surface area (Å²) in [5.74, 6) is 0.112. The van der Waals surface area contributed by atoms with Crippen LogP contribution in [0, 0.1) is 11.8 Å². The fraction of sp³-hybridized carbons (Fsp3) is 0.680. The van der Waals surface area contributed by atoms with Crippen LogP contribution in [0.5, 0.6) is 0 Å². The zero-order valence-corrected chi connectivity index (χ0v) is 20.6. The molecule has 0 heterocycles. The van der Waals surface area contributed by atoms with E-state index in [2.05, 4.69) is 33.0 Å². The molecule has 1 aromatic rings. The first-order valence-corrected chi connectivity index (χ1v) is 11.4. The zero-order valence-electron chi connectivity index (χ0n) is 20.6. The van der Waals surface area contributed by atoms with Crippen molar-refractivity contribution in [1.82, 2.24) is 10.2 Å². The number of hydrogen-bond donors (Lipinski definition) is 1. The molecule has 0 spiro atoms. The molecule has 0 aliphatic heterocycles. The normalized spacial score (nSPS) is 15.6. The molecule has 0 radical (unpaired) electrons. The molecule has 0 saturated heterocycles. The van der Waals surface area contributed by atoms with Gasteiger partial charge in [0.1, 0.15) is 18.2 Å². The quantitative estimate of drug-likeness (QED) is 0.496. The Balaban J connectivity index is 2.88. The van der Waals surface area contributed by atoms with E-state index in [0.29, 0.717) is 6.54 Å². The number of esters is 1. The van der Waals surface area contributed by atoms with Gasteiger partial charge in [-0.25, -0.2) is 4.79 Å². The summed E-state index contributed by atoms with van der Waals surface area (Å²) in [6.45, 7) is 14.6. The topological polar surface area (TPSA) is 67.9 Å². The minimum Gasteiger partial charge on any atom is -0.460 e. The van der Waals surface area contributed by atoms with Crippen LogP contribution in [0.4, 0.5) is 4.79 Å². The number of nitrogens with one attached hydrogen (secondary N) is 1. The third-order valence-electron chi connectivity index (χ3n) is 5.64. The van der Waals surface area contributed by atoms with E-state index in [4.69, 9.17) is 9.47 Å². The number of hydrogen-bond acceptors (Lipinski definition) is 5. The Bertz CT molecular complexity index is 672. The first-order valence-electron chi connectivity index (χ1n) is 11.4. The van der Waals surface area contributed by atoms with Gasteiger partial charge in [-0.05, 0) is 45.2 Å². The summed E-state index contributed by atoms with van der Waals surface area (Å²) in [6, 6.07) is 9.16. The predicted molar refractivity (Wildman–Crippen MR) is 125 cm³/mol. The highest BCUT2D eigenvalue weighted by Gasteiger charge is 2.33. The van der Waals surface area contributed by atoms with Crippen LogP contribution in [-0.2, 0) is 20.9 Å². The van der Waals surface area contributed by atoms with Crippen molar-refractivity contribution in [3.63, 3.8) is 0 Å². The molecule has 0 aliphatic carbocycles. The van der Waals surface area contributed by atoms with Crippen LogP contribution in [0.2, 0.25) is 0 Å². The molecule has 0 bridgehead atoms. The van der Waals surface area contributed by atoms with Crippen LogP contribution in [0.15, 0.2) is 30.3 Å². The molecule has 0 aliphatic rings. The summed E-state index contributed by atoms with van der Waals surface area (Å²) in [4.78, 5) is 27.4. The maximum Gasteiger partial charge on any atom is 0.407 e. The second-order valence-corrected chi connectivity index (χ2v) is 9.50. The van der Waals surface area contributed by atoms with Crippen LogP contribution in [0.1, 0.15) is 66.9 Å². The van der Waals surface area contributed by atoms with Crippen molar-refractivity contribution in [3.8, 4) is 0 Å². The monoisotopic (exact) mass is 434 g/mol. The second-order valence-electron chi connectivity index (χ2n) is 9.50. The first kappa shape index (κ1) is 27.0. The summed E-state index contributed by atoms with van der Waals surface area (Å²) in [7, 11) is 1.92. The Morgan fingerprint density at radius 2 is 1.61 bits per heavy atom. The lowest BCUT2D eigenvalue weighted by atomic mass is 9.94. The molecule has 4 atom stereocenters. The van der Waals surface area contributed by atoms with Crippen molar-refractivity contribution in [1.29, 1.82) is 0 Å². The Kier molecular flexibility index (Phi) is 11.0. The molecule has 1 amide bonds. The van der Waals surface area contributed by atoms with Gasteiger partial charge in [-0.2, -0.15) is 0 Å². The standard InChI is InChI=1S/C25H42N2O4/c1-9-18(3)21(26-24(29)31-25(5,6)7)16-27(8)22(19(4)10-2)23(28)30-17-20-14-12-11-13-15-20/h11-15,18-19,21-22H,9-10,16-17H2,1-8H3,(H,26,29)/t18-,19-,21+,22-/m0/s1. The van der Waals surface area contributed by atoms with Gasteiger partial charge in [0, 0.05) is 12.6 Å². The summed E-state index contributed by atoms with van der Waals surface area (Å²) >= 11 is 0. The summed E-state index contributed by atoms with van der Waals surface area (Å²) < 4.78 is 11.1. The van der Waals surface area contributed by atoms with E-state index in [1.807, 2.05) is 63.1 Å². The summed E-state index contributed by atoms with van der Waals surface area (Å²) in [6.07, 6.45) is 1.32. The van der Waals surface area contributed by atoms with Crippen molar-refractivity contribution in [2.45, 2.75) is 85.6 Å². The second kappa shape index (κ2) is 12.7. The van der Waals surface area contributed by atoms with Crippen LogP contribution < -0.4 is 5.32 Å². The largest absolute Gasteiger partial charge is 0.460 e. The molecular formula is C25H42N2O4. The van der Waals surface area contributed by atoms with Gasteiger partial charge in [-0.15, -0.1) is 0 Å². The Hall–Kier alpha value is -2.08. The smallest absolute Gasteiger partial charge is 0.407 e. The van der Waals surface area contributed by atoms with E-state index in [0.717, 1.165) is 18.4 Å². The van der Waals surface area contributed by atoms with Gasteiger partial charge in [0.25, 0.3) is 0 Å². The van der Waals surface area contributed by atoms with Crippen LogP contribution in [-0.4, -0.2) is 48.2 Å². The van der Waals surface area contributed by atoms with Crippen molar-refractivity contribution in [3.05, 3.63) is 35.9 Å². The van der Waals surface area contributed by atoms with E-state index in [9.17, 15) is 9.59 Å². The number of likely N-dealkylation sites (N-methyl/N-ethyl adjacent to an activating group) is 1. The molecule has 1 N–H and O–H groups in total. The van der Waals surface area contributed by atoms with Gasteiger partial charge < -0.3 is 14.8 Å². The number of carbonyl (C=O) groups is 2. The van der Waals surface area contributed by atoms with Gasteiger partial charge in [-0.3, -0.25) is 9.69 Å². The van der Waals surface area contributed by atoms with E-state index in [1.54, 1.807) is 0 Å². The Morgan fingerprint density at radius 1 is 1.03 bits per heavy atom. The average molecular weight is 435 g/mol. The van der Waals surface area contributed by atoms with Crippen LogP contribution in [0.25, 0.3) is 0 Å². The molecule has 0 saturated carbocycles. The third kappa shape index (κ3) is 9.72. The number of nitrogens with zero attached hydrogens (tertiary/aromatic N) is 1. The highest BCUT2D eigenvalue weighted by atomic mass is 16.6. The van der Waals surface area contributed by atoms with E-state index >= 15 is 0 Å². The van der Waals surface area contributed by atoms with Crippen LogP contribution >= 0.6 is 0 Å². The lowest BCUT2D eigenvalue weighted by molar-refractivity contribution is -0.153. The van der Waals surface area contributed by atoms with Crippen molar-refractivity contribution in [2.75, 3.05) is 13.6 Å². The van der Waals surface area contributed by atoms with Gasteiger partial charge >= 0.3 is 12.1 Å². The van der Waals surface area contributed by atoms with Crippen molar-refractivity contribution >= 4 is 12.1 Å². The highest BCUT2D eigenvalue weighted by molar-refractivity contribution is 5.76. The number of amides is 1. The molecule has 176 valence electrons. The minimum atomic E-state index is -0.559. The van der Waals surface area contributed by atoms with Gasteiger partial charge in [0.2, 0.25) is 0 Å². The van der Waals surface area contributed by atoms with Crippen molar-refractivity contribution < 1.29 is 19.1 Å². The van der Waals surface area contributed by atoms with Gasteiger partial charge in [0.15, 0.2) is 0 Å².